The van der Waals surface area contributed by atoms with Crippen LogP contribution in [0.3, 0.4) is 0 Å². The molecule has 11 heteroatoms. The van der Waals surface area contributed by atoms with E-state index in [9.17, 15) is 18.0 Å². The highest BCUT2D eigenvalue weighted by Gasteiger charge is 2.33. The van der Waals surface area contributed by atoms with Gasteiger partial charge < -0.3 is 10.2 Å². The predicted molar refractivity (Wildman–Crippen MR) is 82.0 cm³/mol. The second-order valence-electron chi connectivity index (χ2n) is 5.00. The third-order valence-electron chi connectivity index (χ3n) is 3.39. The molecule has 0 bridgehead atoms. The van der Waals surface area contributed by atoms with E-state index in [0.717, 1.165) is 22.8 Å². The molecule has 0 aromatic carbocycles. The molecule has 24 heavy (non-hydrogen) atoms. The molecule has 0 saturated carbocycles. The van der Waals surface area contributed by atoms with Crippen molar-refractivity contribution in [3.63, 3.8) is 0 Å². The van der Waals surface area contributed by atoms with Crippen LogP contribution in [0.25, 0.3) is 0 Å². The van der Waals surface area contributed by atoms with Crippen LogP contribution in [0, 0.1) is 0 Å². The van der Waals surface area contributed by atoms with Gasteiger partial charge in [0.2, 0.25) is 5.95 Å². The Bertz CT molecular complexity index is 762. The third-order valence-corrected chi connectivity index (χ3v) is 4.39. The molecular weight excluding hydrogens is 345 g/mol. The summed E-state index contributed by atoms with van der Waals surface area (Å²) in [5.74, 6) is 0.0321. The Balaban J connectivity index is 1.79. The van der Waals surface area contributed by atoms with Crippen LogP contribution in [0.15, 0.2) is 12.3 Å². The summed E-state index contributed by atoms with van der Waals surface area (Å²) in [7, 11) is 1.50. The fourth-order valence-electron chi connectivity index (χ4n) is 2.24. The van der Waals surface area contributed by atoms with Gasteiger partial charge in [-0.3, -0.25) is 5.32 Å². The summed E-state index contributed by atoms with van der Waals surface area (Å²) in [6.07, 6.45) is -2.86. The van der Waals surface area contributed by atoms with Crippen LogP contribution in [0.2, 0.25) is 0 Å². The summed E-state index contributed by atoms with van der Waals surface area (Å²) in [4.78, 5) is 25.7. The maximum absolute atomic E-state index is 12.8. The number of carbonyl (C=O) groups is 1. The van der Waals surface area contributed by atoms with Gasteiger partial charge in [0.1, 0.15) is 5.69 Å². The number of thiazole rings is 1. The standard InChI is InChI=1S/C13H13F3N6OS/c1-17-11(23)21-12-19-7-3-5-22(6-8(7)24-12)10-18-4-2-9(20-10)13(14,15)16/h2,4H,3,5-6H2,1H3,(H2,17,19,21,23). The third kappa shape index (κ3) is 3.40. The van der Waals surface area contributed by atoms with Crippen molar-refractivity contribution >= 4 is 28.4 Å². The number of hydrogen-bond donors (Lipinski definition) is 2. The molecule has 2 amide bonds. The van der Waals surface area contributed by atoms with E-state index < -0.39 is 11.9 Å². The minimum Gasteiger partial charge on any atom is -0.341 e. The zero-order valence-corrected chi connectivity index (χ0v) is 13.3. The van der Waals surface area contributed by atoms with Gasteiger partial charge >= 0.3 is 12.2 Å². The average molecular weight is 358 g/mol. The van der Waals surface area contributed by atoms with Gasteiger partial charge in [-0.15, -0.1) is 0 Å². The molecule has 1 aliphatic rings. The van der Waals surface area contributed by atoms with Gasteiger partial charge in [0.25, 0.3) is 0 Å². The Hall–Kier alpha value is -2.43. The van der Waals surface area contributed by atoms with Crippen molar-refractivity contribution in [3.8, 4) is 0 Å². The quantitative estimate of drug-likeness (QED) is 0.861. The number of urea groups is 1. The number of aromatic nitrogens is 3. The zero-order chi connectivity index (χ0) is 17.3. The van der Waals surface area contributed by atoms with E-state index in [1.165, 1.54) is 18.4 Å². The smallest absolute Gasteiger partial charge is 0.341 e. The molecule has 2 N–H and O–H groups in total. The number of fused-ring (bicyclic) bond motifs is 1. The highest BCUT2D eigenvalue weighted by molar-refractivity contribution is 7.15. The second-order valence-corrected chi connectivity index (χ2v) is 6.09. The van der Waals surface area contributed by atoms with E-state index in [0.29, 0.717) is 24.6 Å². The van der Waals surface area contributed by atoms with Crippen molar-refractivity contribution in [1.82, 2.24) is 20.3 Å². The van der Waals surface area contributed by atoms with Crippen LogP contribution in [-0.2, 0) is 19.1 Å². The van der Waals surface area contributed by atoms with Crippen molar-refractivity contribution in [2.24, 2.45) is 0 Å². The molecule has 0 spiro atoms. The summed E-state index contributed by atoms with van der Waals surface area (Å²) in [6.45, 7) is 0.807. The molecule has 1 aliphatic heterocycles. The SMILES string of the molecule is CNC(=O)Nc1nc2c(s1)CN(c1nccc(C(F)(F)F)n1)CC2. The first-order valence-electron chi connectivity index (χ1n) is 6.99. The van der Waals surface area contributed by atoms with Gasteiger partial charge in [-0.25, -0.2) is 19.7 Å². The van der Waals surface area contributed by atoms with Gasteiger partial charge in [0.05, 0.1) is 12.2 Å². The summed E-state index contributed by atoms with van der Waals surface area (Å²) in [6, 6.07) is 0.468. The van der Waals surface area contributed by atoms with Crippen molar-refractivity contribution in [2.45, 2.75) is 19.1 Å². The molecule has 0 radical (unpaired) electrons. The van der Waals surface area contributed by atoms with Crippen LogP contribution < -0.4 is 15.5 Å². The number of amides is 2. The topological polar surface area (TPSA) is 83.0 Å². The van der Waals surface area contributed by atoms with Crippen LogP contribution in [0.1, 0.15) is 16.3 Å². The predicted octanol–water partition coefficient (Wildman–Crippen LogP) is 2.27. The van der Waals surface area contributed by atoms with Crippen LogP contribution in [-0.4, -0.2) is 34.6 Å². The second kappa shape index (κ2) is 6.23. The Labute approximate surface area is 138 Å². The van der Waals surface area contributed by atoms with E-state index in [4.69, 9.17) is 0 Å². The van der Waals surface area contributed by atoms with Gasteiger partial charge in [-0.1, -0.05) is 11.3 Å². The minimum atomic E-state index is -4.51. The number of alkyl halides is 3. The van der Waals surface area contributed by atoms with Crippen LogP contribution in [0.5, 0.6) is 0 Å². The molecule has 128 valence electrons. The molecule has 0 atom stereocenters. The first-order valence-corrected chi connectivity index (χ1v) is 7.81. The molecule has 2 aromatic heterocycles. The van der Waals surface area contributed by atoms with Gasteiger partial charge in [0.15, 0.2) is 5.13 Å². The fraction of sp³-hybridized carbons (Fsp3) is 0.385. The Morgan fingerprint density at radius 3 is 2.88 bits per heavy atom. The molecule has 0 saturated heterocycles. The van der Waals surface area contributed by atoms with Crippen molar-refractivity contribution in [3.05, 3.63) is 28.5 Å². The van der Waals surface area contributed by atoms with Crippen LogP contribution in [0.4, 0.5) is 29.0 Å². The Morgan fingerprint density at radius 1 is 1.38 bits per heavy atom. The van der Waals surface area contributed by atoms with Crippen molar-refractivity contribution in [2.75, 3.05) is 23.8 Å². The monoisotopic (exact) mass is 358 g/mol. The summed E-state index contributed by atoms with van der Waals surface area (Å²) in [5, 5.41) is 5.47. The first kappa shape index (κ1) is 16.4. The van der Waals surface area contributed by atoms with E-state index in [1.54, 1.807) is 4.90 Å². The van der Waals surface area contributed by atoms with E-state index in [1.807, 2.05) is 0 Å². The lowest BCUT2D eigenvalue weighted by atomic mass is 10.2. The summed E-state index contributed by atoms with van der Waals surface area (Å²) < 4.78 is 38.3. The number of anilines is 2. The number of nitrogens with one attached hydrogen (secondary N) is 2. The molecule has 0 unspecified atom stereocenters. The van der Waals surface area contributed by atoms with Crippen molar-refractivity contribution in [1.29, 1.82) is 0 Å². The summed E-state index contributed by atoms with van der Waals surface area (Å²) >= 11 is 1.28. The number of halogens is 3. The lowest BCUT2D eigenvalue weighted by Crippen LogP contribution is -2.31. The molecule has 0 aliphatic carbocycles. The molecular formula is C13H13F3N6OS. The average Bonchev–Trinajstić information content (AvgIpc) is 2.95. The van der Waals surface area contributed by atoms with Gasteiger partial charge in [-0.2, -0.15) is 13.2 Å². The molecule has 3 heterocycles. The number of carbonyl (C=O) groups excluding carboxylic acids is 1. The van der Waals surface area contributed by atoms with E-state index >= 15 is 0 Å². The normalized spacial score (nSPS) is 14.2. The number of rotatable bonds is 2. The lowest BCUT2D eigenvalue weighted by Gasteiger charge is -2.26. The fourth-order valence-corrected chi connectivity index (χ4v) is 3.26. The molecule has 3 rings (SSSR count). The van der Waals surface area contributed by atoms with Crippen molar-refractivity contribution < 1.29 is 18.0 Å². The molecule has 2 aromatic rings. The maximum atomic E-state index is 12.8. The lowest BCUT2D eigenvalue weighted by molar-refractivity contribution is -0.141. The minimum absolute atomic E-state index is 0.0321. The van der Waals surface area contributed by atoms with Gasteiger partial charge in [0, 0.05) is 31.1 Å². The van der Waals surface area contributed by atoms with E-state index in [2.05, 4.69) is 25.6 Å². The molecule has 0 fully saturated rings. The Morgan fingerprint density at radius 2 is 2.17 bits per heavy atom. The Kier molecular flexibility index (Phi) is 4.26. The highest BCUT2D eigenvalue weighted by atomic mass is 32.1. The zero-order valence-electron chi connectivity index (χ0n) is 12.5. The molecule has 7 nitrogen and oxygen atoms in total. The largest absolute Gasteiger partial charge is 0.433 e. The van der Waals surface area contributed by atoms with Crippen LogP contribution >= 0.6 is 11.3 Å². The highest BCUT2D eigenvalue weighted by Crippen LogP contribution is 2.31. The number of nitrogens with zero attached hydrogens (tertiary/aromatic N) is 4. The number of hydrogen-bond acceptors (Lipinski definition) is 6. The van der Waals surface area contributed by atoms with E-state index in [-0.39, 0.29) is 12.0 Å². The summed E-state index contributed by atoms with van der Waals surface area (Å²) in [5.41, 5.74) is -0.140. The maximum Gasteiger partial charge on any atom is 0.433 e. The van der Waals surface area contributed by atoms with Gasteiger partial charge in [-0.05, 0) is 6.07 Å². The first-order chi connectivity index (χ1) is 11.4.